The lowest BCUT2D eigenvalue weighted by atomic mass is 9.96. The molecule has 0 saturated heterocycles. The van der Waals surface area contributed by atoms with E-state index in [1.807, 2.05) is 27.7 Å². The van der Waals surface area contributed by atoms with Crippen molar-refractivity contribution in [2.24, 2.45) is 0 Å². The monoisotopic (exact) mass is 252 g/mol. The maximum Gasteiger partial charge on any atom is 0.138 e. The lowest BCUT2D eigenvalue weighted by Gasteiger charge is -2.18. The highest BCUT2D eigenvalue weighted by Crippen LogP contribution is 2.21. The molecule has 0 aliphatic carbocycles. The Hall–Kier alpha value is -1.36. The summed E-state index contributed by atoms with van der Waals surface area (Å²) in [4.78, 5) is 8.66. The quantitative estimate of drug-likeness (QED) is 0.745. The van der Waals surface area contributed by atoms with E-state index < -0.39 is 0 Å². The number of nitrogen functional groups attached to an aromatic ring is 1. The van der Waals surface area contributed by atoms with Crippen LogP contribution >= 0.6 is 0 Å². The van der Waals surface area contributed by atoms with Gasteiger partial charge in [0.25, 0.3) is 0 Å². The van der Waals surface area contributed by atoms with Crippen molar-refractivity contribution in [1.29, 1.82) is 0 Å². The predicted molar refractivity (Wildman–Crippen MR) is 74.5 cm³/mol. The van der Waals surface area contributed by atoms with Crippen LogP contribution in [0.3, 0.4) is 0 Å². The number of nitrogens with zero attached hydrogens (tertiary/aromatic N) is 2. The molecular formula is C13H24N4O. The molecule has 0 bridgehead atoms. The Bertz CT molecular complexity index is 387. The van der Waals surface area contributed by atoms with E-state index in [9.17, 15) is 5.11 Å². The molecule has 1 heterocycles. The molecule has 1 atom stereocenters. The molecular weight excluding hydrogens is 228 g/mol. The summed E-state index contributed by atoms with van der Waals surface area (Å²) in [7, 11) is 0. The van der Waals surface area contributed by atoms with Crippen molar-refractivity contribution in [2.45, 2.75) is 52.1 Å². The standard InChI is InChI=1S/C13H24N4O/c1-5-6-9(18)8-15-11-7-10(14)16-12(17-11)13(2,3)4/h7,9,18H,5-6,8H2,1-4H3,(H3,14,15,16,17). The third-order valence-electron chi connectivity index (χ3n) is 2.56. The number of anilines is 2. The highest BCUT2D eigenvalue weighted by atomic mass is 16.3. The van der Waals surface area contributed by atoms with Crippen LogP contribution in [0.2, 0.25) is 0 Å². The minimum Gasteiger partial charge on any atom is -0.391 e. The molecule has 1 unspecified atom stereocenters. The molecule has 0 radical (unpaired) electrons. The number of hydrogen-bond acceptors (Lipinski definition) is 5. The third-order valence-corrected chi connectivity index (χ3v) is 2.56. The van der Waals surface area contributed by atoms with Gasteiger partial charge < -0.3 is 16.2 Å². The molecule has 0 saturated carbocycles. The lowest BCUT2D eigenvalue weighted by Crippen LogP contribution is -2.22. The molecule has 1 rings (SSSR count). The second-order valence-electron chi connectivity index (χ2n) is 5.58. The van der Waals surface area contributed by atoms with Crippen molar-refractivity contribution in [3.8, 4) is 0 Å². The van der Waals surface area contributed by atoms with Gasteiger partial charge in [-0.3, -0.25) is 0 Å². The van der Waals surface area contributed by atoms with Crippen LogP contribution in [0.25, 0.3) is 0 Å². The Kier molecular flexibility index (Phi) is 4.90. The first-order valence-corrected chi connectivity index (χ1v) is 6.40. The number of nitrogens with two attached hydrogens (primary N) is 1. The van der Waals surface area contributed by atoms with E-state index in [1.165, 1.54) is 0 Å². The summed E-state index contributed by atoms with van der Waals surface area (Å²) in [5, 5.41) is 12.8. The molecule has 18 heavy (non-hydrogen) atoms. The average Bonchev–Trinajstić information content (AvgIpc) is 2.25. The van der Waals surface area contributed by atoms with Crippen LogP contribution in [0, 0.1) is 0 Å². The summed E-state index contributed by atoms with van der Waals surface area (Å²) < 4.78 is 0. The highest BCUT2D eigenvalue weighted by molar-refractivity contribution is 5.45. The molecule has 0 aromatic carbocycles. The van der Waals surface area contributed by atoms with Gasteiger partial charge in [-0.25, -0.2) is 9.97 Å². The predicted octanol–water partition coefficient (Wildman–Crippen LogP) is 1.93. The van der Waals surface area contributed by atoms with Crippen molar-refractivity contribution in [2.75, 3.05) is 17.6 Å². The second-order valence-corrected chi connectivity index (χ2v) is 5.58. The first-order valence-electron chi connectivity index (χ1n) is 6.40. The van der Waals surface area contributed by atoms with Crippen LogP contribution in [-0.2, 0) is 5.41 Å². The molecule has 4 N–H and O–H groups in total. The number of nitrogens with one attached hydrogen (secondary N) is 1. The Labute approximate surface area is 109 Å². The summed E-state index contributed by atoms with van der Waals surface area (Å²) in [6, 6.07) is 1.69. The van der Waals surface area contributed by atoms with Gasteiger partial charge in [-0.1, -0.05) is 34.1 Å². The summed E-state index contributed by atoms with van der Waals surface area (Å²) in [6.07, 6.45) is 1.38. The van der Waals surface area contributed by atoms with Crippen LogP contribution < -0.4 is 11.1 Å². The van der Waals surface area contributed by atoms with E-state index in [0.717, 1.165) is 12.8 Å². The van der Waals surface area contributed by atoms with Crippen molar-refractivity contribution >= 4 is 11.6 Å². The van der Waals surface area contributed by atoms with Gasteiger partial charge in [-0.05, 0) is 6.42 Å². The van der Waals surface area contributed by atoms with Crippen LogP contribution in [0.4, 0.5) is 11.6 Å². The second kappa shape index (κ2) is 6.00. The molecule has 5 nitrogen and oxygen atoms in total. The lowest BCUT2D eigenvalue weighted by molar-refractivity contribution is 0.176. The van der Waals surface area contributed by atoms with E-state index >= 15 is 0 Å². The zero-order valence-electron chi connectivity index (χ0n) is 11.7. The smallest absolute Gasteiger partial charge is 0.138 e. The third kappa shape index (κ3) is 4.49. The summed E-state index contributed by atoms with van der Waals surface area (Å²) in [6.45, 7) is 8.64. The van der Waals surface area contributed by atoms with Crippen molar-refractivity contribution < 1.29 is 5.11 Å². The fraction of sp³-hybridized carbons (Fsp3) is 0.692. The van der Waals surface area contributed by atoms with Crippen molar-refractivity contribution in [3.05, 3.63) is 11.9 Å². The summed E-state index contributed by atoms with van der Waals surface area (Å²) in [5.74, 6) is 1.82. The van der Waals surface area contributed by atoms with Crippen LogP contribution in [0.15, 0.2) is 6.07 Å². The first-order chi connectivity index (χ1) is 8.32. The van der Waals surface area contributed by atoms with Crippen LogP contribution in [0.5, 0.6) is 0 Å². The molecule has 0 fully saturated rings. The Morgan fingerprint density at radius 1 is 1.39 bits per heavy atom. The van der Waals surface area contributed by atoms with Crippen molar-refractivity contribution in [3.63, 3.8) is 0 Å². The van der Waals surface area contributed by atoms with E-state index in [1.54, 1.807) is 6.07 Å². The number of hydrogen-bond donors (Lipinski definition) is 3. The van der Waals surface area contributed by atoms with E-state index in [4.69, 9.17) is 5.73 Å². The molecule has 102 valence electrons. The van der Waals surface area contributed by atoms with Gasteiger partial charge in [-0.2, -0.15) is 0 Å². The minimum absolute atomic E-state index is 0.145. The number of rotatable bonds is 5. The maximum atomic E-state index is 9.67. The molecule has 1 aromatic heterocycles. The summed E-state index contributed by atoms with van der Waals surface area (Å²) >= 11 is 0. The zero-order valence-corrected chi connectivity index (χ0v) is 11.7. The van der Waals surface area contributed by atoms with E-state index in [0.29, 0.717) is 24.0 Å². The molecule has 0 aliphatic heterocycles. The fourth-order valence-corrected chi connectivity index (χ4v) is 1.55. The largest absolute Gasteiger partial charge is 0.391 e. The van der Waals surface area contributed by atoms with E-state index in [2.05, 4.69) is 15.3 Å². The molecule has 0 spiro atoms. The Morgan fingerprint density at radius 3 is 2.61 bits per heavy atom. The SMILES string of the molecule is CCCC(O)CNc1cc(N)nc(C(C)(C)C)n1. The van der Waals surface area contributed by atoms with Gasteiger partial charge in [0, 0.05) is 18.0 Å². The topological polar surface area (TPSA) is 84.1 Å². The summed E-state index contributed by atoms with van der Waals surface area (Å²) in [5.41, 5.74) is 5.62. The molecule has 0 amide bonds. The van der Waals surface area contributed by atoms with Gasteiger partial charge in [-0.15, -0.1) is 0 Å². The molecule has 5 heteroatoms. The van der Waals surface area contributed by atoms with Gasteiger partial charge in [0.05, 0.1) is 6.10 Å². The minimum atomic E-state index is -0.357. The Morgan fingerprint density at radius 2 is 2.06 bits per heavy atom. The van der Waals surface area contributed by atoms with Crippen LogP contribution in [-0.4, -0.2) is 27.7 Å². The normalized spacial score (nSPS) is 13.4. The first kappa shape index (κ1) is 14.7. The number of aromatic nitrogens is 2. The molecule has 1 aromatic rings. The number of aliphatic hydroxyl groups excluding tert-OH is 1. The maximum absolute atomic E-state index is 9.67. The zero-order chi connectivity index (χ0) is 13.8. The Balaban J connectivity index is 2.75. The van der Waals surface area contributed by atoms with Gasteiger partial charge in [0.1, 0.15) is 17.5 Å². The molecule has 0 aliphatic rings. The van der Waals surface area contributed by atoms with E-state index in [-0.39, 0.29) is 11.5 Å². The average molecular weight is 252 g/mol. The van der Waals surface area contributed by atoms with Gasteiger partial charge >= 0.3 is 0 Å². The van der Waals surface area contributed by atoms with Gasteiger partial charge in [0.2, 0.25) is 0 Å². The van der Waals surface area contributed by atoms with Crippen LogP contribution in [0.1, 0.15) is 46.4 Å². The number of aliphatic hydroxyl groups is 1. The van der Waals surface area contributed by atoms with Gasteiger partial charge in [0.15, 0.2) is 0 Å². The highest BCUT2D eigenvalue weighted by Gasteiger charge is 2.18. The fourth-order valence-electron chi connectivity index (χ4n) is 1.55. The van der Waals surface area contributed by atoms with Crippen molar-refractivity contribution in [1.82, 2.24) is 9.97 Å².